The average molecular weight is 437 g/mol. The van der Waals surface area contributed by atoms with E-state index in [0.717, 1.165) is 51.2 Å². The highest BCUT2D eigenvalue weighted by molar-refractivity contribution is 5.79. The van der Waals surface area contributed by atoms with Crippen molar-refractivity contribution in [2.24, 2.45) is 10.9 Å². The van der Waals surface area contributed by atoms with Crippen LogP contribution in [0.1, 0.15) is 65.4 Å². The van der Waals surface area contributed by atoms with Crippen molar-refractivity contribution in [3.63, 3.8) is 0 Å². The number of likely N-dealkylation sites (tertiary alicyclic amines) is 1. The molecule has 0 spiro atoms. The Balaban J connectivity index is 1.84. The van der Waals surface area contributed by atoms with Gasteiger partial charge in [0.25, 0.3) is 0 Å². The third-order valence-corrected chi connectivity index (χ3v) is 5.18. The maximum Gasteiger partial charge on any atom is 0.410 e. The first-order valence-electron chi connectivity index (χ1n) is 11.3. The van der Waals surface area contributed by atoms with Crippen molar-refractivity contribution in [3.8, 4) is 0 Å². The van der Waals surface area contributed by atoms with Crippen LogP contribution in [0.4, 0.5) is 4.79 Å². The summed E-state index contributed by atoms with van der Waals surface area (Å²) in [4.78, 5) is 18.7. The number of amides is 1. The minimum absolute atomic E-state index is 0.186. The lowest BCUT2D eigenvalue weighted by Crippen LogP contribution is -2.44. The highest BCUT2D eigenvalue weighted by atomic mass is 16.6. The number of hydrogen-bond donors (Lipinski definition) is 3. The molecule has 31 heavy (non-hydrogen) atoms. The lowest BCUT2D eigenvalue weighted by atomic mass is 9.95. The maximum absolute atomic E-state index is 12.4. The van der Waals surface area contributed by atoms with Crippen LogP contribution in [-0.4, -0.2) is 60.4 Å². The fraction of sp³-hybridized carbons (Fsp3) is 0.739. The van der Waals surface area contributed by atoms with E-state index in [9.17, 15) is 9.90 Å². The number of aliphatic imine (C=N–C) groups is 1. The first-order valence-corrected chi connectivity index (χ1v) is 11.3. The third kappa shape index (κ3) is 8.44. The van der Waals surface area contributed by atoms with Crippen LogP contribution in [0.2, 0.25) is 0 Å². The molecule has 2 rings (SSSR count). The minimum Gasteiger partial charge on any atom is -0.463 e. The smallest absolute Gasteiger partial charge is 0.410 e. The van der Waals surface area contributed by atoms with E-state index in [1.54, 1.807) is 13.0 Å². The fourth-order valence-electron chi connectivity index (χ4n) is 3.56. The molecule has 2 unspecified atom stereocenters. The lowest BCUT2D eigenvalue weighted by molar-refractivity contribution is 0.0162. The van der Waals surface area contributed by atoms with E-state index in [0.29, 0.717) is 17.6 Å². The van der Waals surface area contributed by atoms with Crippen LogP contribution in [0.25, 0.3) is 0 Å². The van der Waals surface area contributed by atoms with E-state index >= 15 is 0 Å². The molecule has 0 aliphatic carbocycles. The number of carbonyl (C=O) groups excluding carboxylic acids is 1. The molecule has 0 bridgehead atoms. The van der Waals surface area contributed by atoms with Crippen molar-refractivity contribution >= 4 is 12.1 Å². The standard InChI is InChI=1S/C23H40N4O4/c1-7-24-20(26-16-23(6,29)19-11-10-17(2)30-19)25-13-12-18-9-8-14-27(15-18)21(28)31-22(3,4)5/h10-11,18,29H,7-9,12-16H2,1-6H3,(H2,24,25,26). The number of guanidine groups is 1. The van der Waals surface area contributed by atoms with Gasteiger partial charge in [-0.1, -0.05) is 0 Å². The molecule has 8 nitrogen and oxygen atoms in total. The van der Waals surface area contributed by atoms with Crippen LogP contribution in [0.15, 0.2) is 21.5 Å². The normalized spacial score (nSPS) is 19.6. The number of carbonyl (C=O) groups is 1. The largest absolute Gasteiger partial charge is 0.463 e. The molecule has 1 aromatic rings. The lowest BCUT2D eigenvalue weighted by Gasteiger charge is -2.34. The van der Waals surface area contributed by atoms with Gasteiger partial charge in [0, 0.05) is 26.2 Å². The molecule has 1 amide bonds. The van der Waals surface area contributed by atoms with E-state index in [1.165, 1.54) is 0 Å². The highest BCUT2D eigenvalue weighted by Crippen LogP contribution is 2.23. The predicted molar refractivity (Wildman–Crippen MR) is 122 cm³/mol. The van der Waals surface area contributed by atoms with E-state index in [-0.39, 0.29) is 12.6 Å². The van der Waals surface area contributed by atoms with Gasteiger partial charge in [-0.05, 0) is 78.9 Å². The van der Waals surface area contributed by atoms with Gasteiger partial charge in [-0.25, -0.2) is 9.79 Å². The summed E-state index contributed by atoms with van der Waals surface area (Å²) < 4.78 is 11.1. The minimum atomic E-state index is -1.17. The van der Waals surface area contributed by atoms with Gasteiger partial charge in [0.2, 0.25) is 0 Å². The van der Waals surface area contributed by atoms with Gasteiger partial charge in [0.15, 0.2) is 5.96 Å². The number of ether oxygens (including phenoxy) is 1. The van der Waals surface area contributed by atoms with Crippen molar-refractivity contribution in [3.05, 3.63) is 23.7 Å². The van der Waals surface area contributed by atoms with E-state index < -0.39 is 11.2 Å². The second kappa shape index (κ2) is 10.9. The number of nitrogens with zero attached hydrogens (tertiary/aromatic N) is 2. The summed E-state index contributed by atoms with van der Waals surface area (Å²) in [6.07, 6.45) is 2.79. The SMILES string of the molecule is CCNC(=NCC(C)(O)c1ccc(C)o1)NCCC1CCCN(C(=O)OC(C)(C)C)C1. The summed E-state index contributed by atoms with van der Waals surface area (Å²) >= 11 is 0. The van der Waals surface area contributed by atoms with Crippen molar-refractivity contribution in [1.82, 2.24) is 15.5 Å². The number of furan rings is 1. The second-order valence-electron chi connectivity index (χ2n) is 9.53. The van der Waals surface area contributed by atoms with Gasteiger partial charge in [-0.15, -0.1) is 0 Å². The van der Waals surface area contributed by atoms with Gasteiger partial charge in [0.1, 0.15) is 22.7 Å². The highest BCUT2D eigenvalue weighted by Gasteiger charge is 2.28. The van der Waals surface area contributed by atoms with Crippen molar-refractivity contribution in [2.75, 3.05) is 32.7 Å². The second-order valence-corrected chi connectivity index (χ2v) is 9.53. The molecule has 1 aliphatic rings. The molecular formula is C23H40N4O4. The summed E-state index contributed by atoms with van der Waals surface area (Å²) in [5.74, 6) is 2.35. The van der Waals surface area contributed by atoms with Crippen LogP contribution >= 0.6 is 0 Å². The van der Waals surface area contributed by atoms with Gasteiger partial charge in [-0.3, -0.25) is 0 Å². The first-order chi connectivity index (χ1) is 14.5. The first kappa shape index (κ1) is 25.0. The molecule has 0 saturated carbocycles. The van der Waals surface area contributed by atoms with E-state index in [1.807, 2.05) is 45.6 Å². The molecule has 1 fully saturated rings. The molecule has 176 valence electrons. The molecule has 2 atom stereocenters. The zero-order valence-corrected chi connectivity index (χ0v) is 20.0. The zero-order chi connectivity index (χ0) is 23.1. The summed E-state index contributed by atoms with van der Waals surface area (Å²) in [6.45, 7) is 14.4. The topological polar surface area (TPSA) is 99.3 Å². The summed E-state index contributed by atoms with van der Waals surface area (Å²) in [7, 11) is 0. The van der Waals surface area contributed by atoms with Crippen LogP contribution in [0.3, 0.4) is 0 Å². The number of piperidine rings is 1. The Morgan fingerprint density at radius 3 is 2.68 bits per heavy atom. The van der Waals surface area contributed by atoms with Gasteiger partial charge < -0.3 is 29.8 Å². The molecule has 1 aromatic heterocycles. The quantitative estimate of drug-likeness (QED) is 0.448. The molecule has 3 N–H and O–H groups in total. The number of aliphatic hydroxyl groups is 1. The molecular weight excluding hydrogens is 396 g/mol. The maximum atomic E-state index is 12.4. The Labute approximate surface area is 186 Å². The molecule has 0 aromatic carbocycles. The Morgan fingerprint density at radius 2 is 2.06 bits per heavy atom. The fourth-order valence-corrected chi connectivity index (χ4v) is 3.56. The number of nitrogens with one attached hydrogen (secondary N) is 2. The number of aryl methyl sites for hydroxylation is 1. The summed E-state index contributed by atoms with van der Waals surface area (Å²) in [5.41, 5.74) is -1.65. The monoisotopic (exact) mass is 436 g/mol. The predicted octanol–water partition coefficient (Wildman–Crippen LogP) is 3.39. The van der Waals surface area contributed by atoms with Crippen LogP contribution in [0.5, 0.6) is 0 Å². The molecule has 8 heteroatoms. The Morgan fingerprint density at radius 1 is 1.32 bits per heavy atom. The molecule has 1 saturated heterocycles. The average Bonchev–Trinajstić information content (AvgIpc) is 3.12. The molecule has 2 heterocycles. The summed E-state index contributed by atoms with van der Waals surface area (Å²) in [6, 6.07) is 3.62. The van der Waals surface area contributed by atoms with Crippen LogP contribution in [-0.2, 0) is 10.3 Å². The van der Waals surface area contributed by atoms with Crippen LogP contribution < -0.4 is 10.6 Å². The Hall–Kier alpha value is -2.22. The van der Waals surface area contributed by atoms with Gasteiger partial charge in [0.05, 0.1) is 6.54 Å². The molecule has 1 aliphatic heterocycles. The van der Waals surface area contributed by atoms with Crippen molar-refractivity contribution in [2.45, 2.75) is 72.0 Å². The Bertz CT molecular complexity index is 736. The Kier molecular flexibility index (Phi) is 8.79. The van der Waals surface area contributed by atoms with E-state index in [2.05, 4.69) is 15.6 Å². The van der Waals surface area contributed by atoms with Crippen LogP contribution in [0, 0.1) is 12.8 Å². The van der Waals surface area contributed by atoms with Crippen molar-refractivity contribution < 1.29 is 19.1 Å². The number of hydrogen-bond acceptors (Lipinski definition) is 5. The van der Waals surface area contributed by atoms with Crippen molar-refractivity contribution in [1.29, 1.82) is 0 Å². The van der Waals surface area contributed by atoms with Gasteiger partial charge >= 0.3 is 6.09 Å². The third-order valence-electron chi connectivity index (χ3n) is 5.18. The van der Waals surface area contributed by atoms with E-state index in [4.69, 9.17) is 9.15 Å². The number of rotatable bonds is 7. The summed E-state index contributed by atoms with van der Waals surface area (Å²) in [5, 5.41) is 17.3. The van der Waals surface area contributed by atoms with Gasteiger partial charge in [-0.2, -0.15) is 0 Å². The zero-order valence-electron chi connectivity index (χ0n) is 20.0. The molecule has 0 radical (unpaired) electrons.